The van der Waals surface area contributed by atoms with Crippen molar-refractivity contribution < 1.29 is 4.79 Å². The molecule has 0 spiro atoms. The molecule has 0 fully saturated rings. The van der Waals surface area contributed by atoms with Gasteiger partial charge in [-0.25, -0.2) is 0 Å². The van der Waals surface area contributed by atoms with Crippen LogP contribution in [-0.4, -0.2) is 20.7 Å². The summed E-state index contributed by atoms with van der Waals surface area (Å²) in [5.74, 6) is 0.457. The van der Waals surface area contributed by atoms with Gasteiger partial charge in [0.15, 0.2) is 0 Å². The van der Waals surface area contributed by atoms with E-state index in [1.54, 1.807) is 30.1 Å². The van der Waals surface area contributed by atoms with Gasteiger partial charge >= 0.3 is 0 Å². The average molecular weight is 245 g/mol. The highest BCUT2D eigenvalue weighted by Gasteiger charge is 2.09. The number of amides is 1. The molecule has 0 saturated carbocycles. The van der Waals surface area contributed by atoms with Crippen LogP contribution in [0.4, 0.5) is 5.82 Å². The molecule has 94 valence electrons. The molecule has 2 aromatic heterocycles. The van der Waals surface area contributed by atoms with Crippen LogP contribution in [0.5, 0.6) is 0 Å². The molecule has 0 bridgehead atoms. The minimum absolute atomic E-state index is 0.199. The fourth-order valence-electron chi connectivity index (χ4n) is 1.65. The maximum Gasteiger partial charge on any atom is 0.256 e. The van der Waals surface area contributed by atoms with Crippen LogP contribution in [0, 0.1) is 6.92 Å². The van der Waals surface area contributed by atoms with Gasteiger partial charge < -0.3 is 11.1 Å². The summed E-state index contributed by atoms with van der Waals surface area (Å²) in [6.07, 6.45) is 1.58. The van der Waals surface area contributed by atoms with Crippen molar-refractivity contribution in [2.24, 2.45) is 12.8 Å². The molecular weight excluding hydrogens is 230 g/mol. The maximum atomic E-state index is 12.0. The predicted molar refractivity (Wildman–Crippen MR) is 68.0 cm³/mol. The minimum Gasteiger partial charge on any atom is -0.325 e. The zero-order valence-corrected chi connectivity index (χ0v) is 10.3. The highest BCUT2D eigenvalue weighted by molar-refractivity contribution is 6.03. The van der Waals surface area contributed by atoms with Gasteiger partial charge in [0.1, 0.15) is 5.82 Å². The third-order valence-corrected chi connectivity index (χ3v) is 2.53. The number of carbonyl (C=O) groups excluding carboxylic acids is 1. The zero-order chi connectivity index (χ0) is 13.1. The molecule has 0 aliphatic rings. The van der Waals surface area contributed by atoms with E-state index in [4.69, 9.17) is 5.73 Å². The summed E-state index contributed by atoms with van der Waals surface area (Å²) >= 11 is 0. The molecule has 6 nitrogen and oxygen atoms in total. The second-order valence-corrected chi connectivity index (χ2v) is 3.99. The third-order valence-electron chi connectivity index (χ3n) is 2.53. The van der Waals surface area contributed by atoms with E-state index in [1.807, 2.05) is 13.0 Å². The van der Waals surface area contributed by atoms with E-state index in [0.717, 1.165) is 5.69 Å². The first-order valence-electron chi connectivity index (χ1n) is 5.57. The molecule has 0 atom stereocenters. The van der Waals surface area contributed by atoms with Gasteiger partial charge in [-0.1, -0.05) is 0 Å². The first-order chi connectivity index (χ1) is 8.60. The Morgan fingerprint density at radius 2 is 2.28 bits per heavy atom. The SMILES string of the molecule is Cc1cc(NC(=O)c2ccnc(CN)c2)n(C)n1. The van der Waals surface area contributed by atoms with Crippen LogP contribution in [0.15, 0.2) is 24.4 Å². The van der Waals surface area contributed by atoms with Crippen molar-refractivity contribution in [1.82, 2.24) is 14.8 Å². The maximum absolute atomic E-state index is 12.0. The number of aromatic nitrogens is 3. The van der Waals surface area contributed by atoms with Gasteiger partial charge in [0.25, 0.3) is 5.91 Å². The van der Waals surface area contributed by atoms with Crippen LogP contribution < -0.4 is 11.1 Å². The summed E-state index contributed by atoms with van der Waals surface area (Å²) in [5, 5.41) is 6.95. The van der Waals surface area contributed by atoms with Gasteiger partial charge in [0.05, 0.1) is 11.4 Å². The lowest BCUT2D eigenvalue weighted by Gasteiger charge is -2.05. The molecular formula is C12H15N5O. The van der Waals surface area contributed by atoms with E-state index >= 15 is 0 Å². The number of anilines is 1. The standard InChI is InChI=1S/C12H15N5O/c1-8-5-11(17(2)16-8)15-12(18)9-3-4-14-10(6-9)7-13/h3-6H,7,13H2,1-2H3,(H,15,18). The Labute approximate surface area is 105 Å². The van der Waals surface area contributed by atoms with Crippen molar-refractivity contribution in [1.29, 1.82) is 0 Å². The highest BCUT2D eigenvalue weighted by atomic mass is 16.1. The Morgan fingerprint density at radius 1 is 1.50 bits per heavy atom. The van der Waals surface area contributed by atoms with Gasteiger partial charge in [-0.3, -0.25) is 14.5 Å². The summed E-state index contributed by atoms with van der Waals surface area (Å²) in [4.78, 5) is 16.1. The van der Waals surface area contributed by atoms with E-state index in [2.05, 4.69) is 15.4 Å². The van der Waals surface area contributed by atoms with Crippen molar-refractivity contribution in [2.45, 2.75) is 13.5 Å². The summed E-state index contributed by atoms with van der Waals surface area (Å²) in [7, 11) is 1.78. The van der Waals surface area contributed by atoms with Gasteiger partial charge in [-0.15, -0.1) is 0 Å². The molecule has 6 heteroatoms. The molecule has 2 heterocycles. The van der Waals surface area contributed by atoms with Crippen molar-refractivity contribution in [3.8, 4) is 0 Å². The summed E-state index contributed by atoms with van der Waals surface area (Å²) in [5.41, 5.74) is 7.56. The minimum atomic E-state index is -0.199. The third kappa shape index (κ3) is 2.54. The van der Waals surface area contributed by atoms with Crippen LogP contribution in [0.1, 0.15) is 21.7 Å². The molecule has 0 aromatic carbocycles. The lowest BCUT2D eigenvalue weighted by Crippen LogP contribution is -2.15. The molecule has 0 unspecified atom stereocenters. The Kier molecular flexibility index (Phi) is 3.38. The van der Waals surface area contributed by atoms with Crippen LogP contribution in [0.3, 0.4) is 0 Å². The van der Waals surface area contributed by atoms with E-state index in [9.17, 15) is 4.79 Å². The normalized spacial score (nSPS) is 10.4. The van der Waals surface area contributed by atoms with Crippen molar-refractivity contribution >= 4 is 11.7 Å². The van der Waals surface area contributed by atoms with Crippen LogP contribution >= 0.6 is 0 Å². The number of nitrogens with two attached hydrogens (primary N) is 1. The van der Waals surface area contributed by atoms with Crippen LogP contribution in [0.2, 0.25) is 0 Å². The number of carbonyl (C=O) groups is 1. The summed E-state index contributed by atoms with van der Waals surface area (Å²) < 4.78 is 1.62. The van der Waals surface area contributed by atoms with Gasteiger partial charge in [0, 0.05) is 31.4 Å². The number of rotatable bonds is 3. The molecule has 2 aromatic rings. The molecule has 0 saturated heterocycles. The van der Waals surface area contributed by atoms with Crippen molar-refractivity contribution in [3.05, 3.63) is 41.3 Å². The lowest BCUT2D eigenvalue weighted by atomic mass is 10.2. The second-order valence-electron chi connectivity index (χ2n) is 3.99. The zero-order valence-electron chi connectivity index (χ0n) is 10.3. The van der Waals surface area contributed by atoms with Crippen LogP contribution in [0.25, 0.3) is 0 Å². The molecule has 0 aliphatic heterocycles. The Morgan fingerprint density at radius 3 is 2.89 bits per heavy atom. The lowest BCUT2D eigenvalue weighted by molar-refractivity contribution is 0.102. The quantitative estimate of drug-likeness (QED) is 0.838. The molecule has 2 rings (SSSR count). The number of nitrogens with zero attached hydrogens (tertiary/aromatic N) is 3. The Bertz CT molecular complexity index is 576. The average Bonchev–Trinajstić information content (AvgIpc) is 2.68. The predicted octanol–water partition coefficient (Wildman–Crippen LogP) is 0.835. The van der Waals surface area contributed by atoms with E-state index < -0.39 is 0 Å². The van der Waals surface area contributed by atoms with E-state index in [-0.39, 0.29) is 5.91 Å². The molecule has 0 aliphatic carbocycles. The molecule has 3 N–H and O–H groups in total. The number of hydrogen-bond acceptors (Lipinski definition) is 4. The number of hydrogen-bond donors (Lipinski definition) is 2. The van der Waals surface area contributed by atoms with Crippen LogP contribution in [-0.2, 0) is 13.6 Å². The fourth-order valence-corrected chi connectivity index (χ4v) is 1.65. The fraction of sp³-hybridized carbons (Fsp3) is 0.250. The van der Waals surface area contributed by atoms with Crippen molar-refractivity contribution in [3.63, 3.8) is 0 Å². The Hall–Kier alpha value is -2.21. The monoisotopic (exact) mass is 245 g/mol. The second kappa shape index (κ2) is 4.97. The largest absolute Gasteiger partial charge is 0.325 e. The summed E-state index contributed by atoms with van der Waals surface area (Å²) in [6, 6.07) is 5.14. The number of nitrogens with one attached hydrogen (secondary N) is 1. The highest BCUT2D eigenvalue weighted by Crippen LogP contribution is 2.10. The summed E-state index contributed by atoms with van der Waals surface area (Å²) in [6.45, 7) is 2.18. The van der Waals surface area contributed by atoms with Gasteiger partial charge in [-0.05, 0) is 19.1 Å². The van der Waals surface area contributed by atoms with Crippen molar-refractivity contribution in [2.75, 3.05) is 5.32 Å². The molecule has 1 amide bonds. The first kappa shape index (κ1) is 12.3. The Balaban J connectivity index is 2.19. The number of pyridine rings is 1. The van der Waals surface area contributed by atoms with E-state index in [0.29, 0.717) is 23.6 Å². The molecule has 18 heavy (non-hydrogen) atoms. The molecule has 0 radical (unpaired) electrons. The van der Waals surface area contributed by atoms with E-state index in [1.165, 1.54) is 0 Å². The number of aryl methyl sites for hydroxylation is 2. The van der Waals surface area contributed by atoms with Gasteiger partial charge in [-0.2, -0.15) is 5.10 Å². The topological polar surface area (TPSA) is 85.8 Å². The van der Waals surface area contributed by atoms with Gasteiger partial charge in [0.2, 0.25) is 0 Å². The smallest absolute Gasteiger partial charge is 0.256 e. The first-order valence-corrected chi connectivity index (χ1v) is 5.57.